The van der Waals surface area contributed by atoms with Crippen LogP contribution in [0.1, 0.15) is 73.1 Å². The molecule has 4 aliphatic heterocycles. The Kier molecular flexibility index (Phi) is 8.44. The zero-order valence-electron chi connectivity index (χ0n) is 24.7. The molecule has 4 heterocycles. The number of carbonyl (C=O) groups is 1. The normalized spacial score (nSPS) is 50.6. The lowest BCUT2D eigenvalue weighted by Crippen LogP contribution is -2.60. The van der Waals surface area contributed by atoms with E-state index in [9.17, 15) is 20.1 Å². The third-order valence-corrected chi connectivity index (χ3v) is 9.75. The number of hydrogen-bond donors (Lipinski definition) is 3. The van der Waals surface area contributed by atoms with Gasteiger partial charge in [0.15, 0.2) is 5.79 Å². The zero-order chi connectivity index (χ0) is 29.7. The van der Waals surface area contributed by atoms with E-state index < -0.39 is 71.5 Å². The molecule has 41 heavy (non-hydrogen) atoms. The van der Waals surface area contributed by atoms with Crippen molar-refractivity contribution < 1.29 is 43.5 Å². The Hall–Kier alpha value is -1.88. The summed E-state index contributed by atoms with van der Waals surface area (Å²) in [6, 6.07) is 0. The van der Waals surface area contributed by atoms with E-state index in [1.165, 1.54) is 0 Å². The average molecular weight is 577 g/mol. The molecule has 228 valence electrons. The average Bonchev–Trinajstić information content (AvgIpc) is 3.26. The monoisotopic (exact) mass is 576 g/mol. The first kappa shape index (κ1) is 30.6. The minimum absolute atomic E-state index is 0.0223. The Bertz CT molecular complexity index is 1140. The largest absolute Gasteiger partial charge is 0.462 e. The molecule has 1 spiro atoms. The Morgan fingerprint density at radius 1 is 1.12 bits per heavy atom. The number of hydrogen-bond acceptors (Lipinski definition) is 8. The quantitative estimate of drug-likeness (QED) is 0.317. The van der Waals surface area contributed by atoms with Gasteiger partial charge in [-0.1, -0.05) is 44.2 Å². The van der Waals surface area contributed by atoms with Crippen LogP contribution in [0.2, 0.25) is 0 Å². The van der Waals surface area contributed by atoms with Crippen LogP contribution in [0.5, 0.6) is 0 Å². The molecule has 2 bridgehead atoms. The number of halogens is 1. The van der Waals surface area contributed by atoms with Crippen LogP contribution >= 0.6 is 0 Å². The summed E-state index contributed by atoms with van der Waals surface area (Å²) in [6.07, 6.45) is 6.17. The van der Waals surface area contributed by atoms with Gasteiger partial charge in [-0.2, -0.15) is 0 Å². The Balaban J connectivity index is 1.53. The predicted octanol–water partition coefficient (Wildman–Crippen LogP) is 3.99. The van der Waals surface area contributed by atoms with Gasteiger partial charge in [0.1, 0.15) is 36.0 Å². The zero-order valence-corrected chi connectivity index (χ0v) is 24.7. The van der Waals surface area contributed by atoms with E-state index >= 15 is 4.39 Å². The molecule has 11 atom stereocenters. The van der Waals surface area contributed by atoms with E-state index in [1.807, 2.05) is 13.0 Å². The van der Waals surface area contributed by atoms with Crippen molar-refractivity contribution in [2.24, 2.45) is 11.8 Å². The molecular weight excluding hydrogens is 531 g/mol. The SMILES string of the molecule is CC[C@H]1O[C@]2(CC[C@@]1(C)O)C[C@@H]1C[C@@H](C/C=C(\C)[C@H](F)[C@@H](C)/C=C/C=C3\CO[C@@H]4[C@H](O)C(C)=C[C@@H](C(=O)O1)[C@]34O)O2. The van der Waals surface area contributed by atoms with Gasteiger partial charge in [-0.25, -0.2) is 4.39 Å². The van der Waals surface area contributed by atoms with Crippen LogP contribution in [0.3, 0.4) is 0 Å². The van der Waals surface area contributed by atoms with Crippen molar-refractivity contribution in [3.8, 4) is 0 Å². The third kappa shape index (κ3) is 5.61. The second-order valence-electron chi connectivity index (χ2n) is 12.9. The molecule has 0 radical (unpaired) electrons. The van der Waals surface area contributed by atoms with Crippen LogP contribution in [-0.4, -0.2) is 81.6 Å². The molecule has 0 aromatic heterocycles. The number of rotatable bonds is 1. The van der Waals surface area contributed by atoms with Crippen LogP contribution in [0, 0.1) is 11.8 Å². The van der Waals surface area contributed by atoms with Crippen molar-refractivity contribution in [1.29, 1.82) is 0 Å². The first-order valence-corrected chi connectivity index (χ1v) is 15.0. The number of ether oxygens (including phenoxy) is 4. The standard InChI is InChI=1S/C32H45FO8/c1-6-25-30(5,36)12-13-31(41-25)16-23-15-22(40-31)11-10-19(3)26(33)18(2)8-7-9-21-17-38-28-27(34)20(4)14-24(29(35)39-23)32(21,28)37/h7-10,14,18,22-28,34,36-37H,6,11-13,15-17H2,1-5H3/b8-7+,19-10+,21-9+/t18-,22+,23-,24-,25+,26+,27+,28+,30+,31+,32+/m0/s1. The highest BCUT2D eigenvalue weighted by Gasteiger charge is 2.60. The maximum atomic E-state index is 15.4. The van der Waals surface area contributed by atoms with E-state index in [2.05, 4.69) is 0 Å². The second kappa shape index (κ2) is 11.3. The fourth-order valence-corrected chi connectivity index (χ4v) is 7.16. The molecule has 0 amide bonds. The highest BCUT2D eigenvalue weighted by atomic mass is 19.1. The van der Waals surface area contributed by atoms with Gasteiger partial charge < -0.3 is 34.3 Å². The summed E-state index contributed by atoms with van der Waals surface area (Å²) in [5, 5.41) is 33.8. The first-order valence-electron chi connectivity index (χ1n) is 15.0. The number of allylic oxidation sites excluding steroid dienone is 4. The minimum atomic E-state index is -1.82. The Morgan fingerprint density at radius 2 is 1.88 bits per heavy atom. The second-order valence-corrected chi connectivity index (χ2v) is 12.9. The molecule has 5 rings (SSSR count). The number of aliphatic hydroxyl groups excluding tert-OH is 1. The highest BCUT2D eigenvalue weighted by molar-refractivity contribution is 5.78. The Labute approximate surface area is 241 Å². The van der Waals surface area contributed by atoms with Crippen molar-refractivity contribution in [3.05, 3.63) is 47.1 Å². The summed E-state index contributed by atoms with van der Waals surface area (Å²) >= 11 is 0. The number of esters is 1. The summed E-state index contributed by atoms with van der Waals surface area (Å²) < 4.78 is 40.3. The Morgan fingerprint density at radius 3 is 2.61 bits per heavy atom. The van der Waals surface area contributed by atoms with Gasteiger partial charge in [0.05, 0.1) is 24.4 Å². The number of carbonyl (C=O) groups excluding carboxylic acids is 1. The smallest absolute Gasteiger partial charge is 0.316 e. The molecule has 3 N–H and O–H groups in total. The first-order chi connectivity index (χ1) is 19.3. The molecule has 9 heteroatoms. The van der Waals surface area contributed by atoms with Crippen molar-refractivity contribution in [2.45, 2.75) is 127 Å². The predicted molar refractivity (Wildman–Crippen MR) is 149 cm³/mol. The molecule has 0 saturated carbocycles. The molecule has 1 aliphatic carbocycles. The highest BCUT2D eigenvalue weighted by Crippen LogP contribution is 2.48. The van der Waals surface area contributed by atoms with E-state index in [4.69, 9.17) is 18.9 Å². The van der Waals surface area contributed by atoms with E-state index in [1.54, 1.807) is 52.0 Å². The third-order valence-electron chi connectivity index (χ3n) is 9.75. The molecule has 0 unspecified atom stereocenters. The number of alkyl halides is 1. The molecule has 8 nitrogen and oxygen atoms in total. The van der Waals surface area contributed by atoms with E-state index in [-0.39, 0.29) is 13.0 Å². The fourth-order valence-electron chi connectivity index (χ4n) is 7.16. The molecule has 5 aliphatic rings. The minimum Gasteiger partial charge on any atom is -0.462 e. The van der Waals surface area contributed by atoms with Gasteiger partial charge in [0.25, 0.3) is 0 Å². The summed E-state index contributed by atoms with van der Waals surface area (Å²) in [4.78, 5) is 13.9. The lowest BCUT2D eigenvalue weighted by molar-refractivity contribution is -0.353. The van der Waals surface area contributed by atoms with Crippen LogP contribution in [-0.2, 0) is 23.7 Å². The lowest BCUT2D eigenvalue weighted by Gasteiger charge is -2.52. The number of fused-ring (bicyclic) bond motifs is 2. The van der Waals surface area contributed by atoms with Crippen LogP contribution in [0.25, 0.3) is 0 Å². The number of aliphatic hydroxyl groups is 3. The van der Waals surface area contributed by atoms with Gasteiger partial charge in [0, 0.05) is 25.2 Å². The molecule has 3 saturated heterocycles. The van der Waals surface area contributed by atoms with Gasteiger partial charge in [-0.05, 0) is 56.8 Å². The summed E-state index contributed by atoms with van der Waals surface area (Å²) in [5.74, 6) is -3.22. The van der Waals surface area contributed by atoms with Gasteiger partial charge in [-0.15, -0.1) is 0 Å². The summed E-state index contributed by atoms with van der Waals surface area (Å²) in [6.45, 7) is 8.97. The van der Waals surface area contributed by atoms with Crippen molar-refractivity contribution in [1.82, 2.24) is 0 Å². The van der Waals surface area contributed by atoms with E-state index in [0.717, 1.165) is 0 Å². The van der Waals surface area contributed by atoms with E-state index in [0.29, 0.717) is 48.8 Å². The van der Waals surface area contributed by atoms with Gasteiger partial charge in [-0.3, -0.25) is 4.79 Å². The summed E-state index contributed by atoms with van der Waals surface area (Å²) in [7, 11) is 0. The lowest BCUT2D eigenvalue weighted by atomic mass is 9.71. The molecule has 0 aromatic carbocycles. The summed E-state index contributed by atoms with van der Waals surface area (Å²) in [5.41, 5.74) is -1.30. The maximum absolute atomic E-state index is 15.4. The molecular formula is C32H45FO8. The molecule has 0 aromatic rings. The fraction of sp³-hybridized carbons (Fsp3) is 0.719. The van der Waals surface area contributed by atoms with Gasteiger partial charge >= 0.3 is 5.97 Å². The topological polar surface area (TPSA) is 115 Å². The van der Waals surface area contributed by atoms with Crippen molar-refractivity contribution >= 4 is 5.97 Å². The van der Waals surface area contributed by atoms with Gasteiger partial charge in [0.2, 0.25) is 0 Å². The van der Waals surface area contributed by atoms with Crippen molar-refractivity contribution in [3.63, 3.8) is 0 Å². The van der Waals surface area contributed by atoms with Crippen LogP contribution in [0.15, 0.2) is 47.1 Å². The van der Waals surface area contributed by atoms with Crippen molar-refractivity contribution in [2.75, 3.05) is 6.61 Å². The van der Waals surface area contributed by atoms with Crippen LogP contribution < -0.4 is 0 Å². The van der Waals surface area contributed by atoms with Crippen LogP contribution in [0.4, 0.5) is 4.39 Å². The maximum Gasteiger partial charge on any atom is 0.316 e. The molecule has 3 fully saturated rings.